The Morgan fingerprint density at radius 1 is 1.33 bits per heavy atom. The van der Waals surface area contributed by atoms with Crippen molar-refractivity contribution in [2.24, 2.45) is 0 Å². The highest BCUT2D eigenvalue weighted by Gasteiger charge is 2.12. The predicted molar refractivity (Wildman–Crippen MR) is 70.0 cm³/mol. The second kappa shape index (κ2) is 7.24. The third-order valence-corrected chi connectivity index (χ3v) is 2.39. The molecule has 0 radical (unpaired) electrons. The van der Waals surface area contributed by atoms with E-state index >= 15 is 0 Å². The van der Waals surface area contributed by atoms with Crippen LogP contribution < -0.4 is 9.47 Å². The number of aldehydes is 1. The first-order valence-corrected chi connectivity index (χ1v) is 6.03. The summed E-state index contributed by atoms with van der Waals surface area (Å²) >= 11 is 5.86. The summed E-state index contributed by atoms with van der Waals surface area (Å²) in [6.07, 6.45) is 0.832. The van der Waals surface area contributed by atoms with Crippen molar-refractivity contribution in [3.8, 4) is 11.5 Å². The molecule has 0 atom stereocenters. The SMILES string of the molecule is COc1cc(Cl)cc(C=O)c1OCCOC(C)C. The van der Waals surface area contributed by atoms with Gasteiger partial charge in [0.2, 0.25) is 0 Å². The standard InChI is InChI=1S/C13H17ClO4/c1-9(2)17-4-5-18-13-10(8-15)6-11(14)7-12(13)16-3/h6-9H,4-5H2,1-3H3. The molecule has 0 bridgehead atoms. The maximum absolute atomic E-state index is 11.0. The average molecular weight is 273 g/mol. The molecule has 18 heavy (non-hydrogen) atoms. The Balaban J connectivity index is 2.76. The number of hydrogen-bond acceptors (Lipinski definition) is 4. The fourth-order valence-electron chi connectivity index (χ4n) is 1.41. The van der Waals surface area contributed by atoms with E-state index < -0.39 is 0 Å². The van der Waals surface area contributed by atoms with Crippen LogP contribution in [0.2, 0.25) is 5.02 Å². The molecule has 0 aromatic heterocycles. The van der Waals surface area contributed by atoms with E-state index in [1.807, 2.05) is 13.8 Å². The molecule has 1 aromatic carbocycles. The van der Waals surface area contributed by atoms with Gasteiger partial charge in [-0.3, -0.25) is 4.79 Å². The minimum atomic E-state index is 0.145. The van der Waals surface area contributed by atoms with Crippen molar-refractivity contribution in [2.75, 3.05) is 20.3 Å². The maximum Gasteiger partial charge on any atom is 0.171 e. The molecule has 0 aliphatic carbocycles. The van der Waals surface area contributed by atoms with E-state index in [-0.39, 0.29) is 6.10 Å². The number of rotatable bonds is 7. The second-order valence-corrected chi connectivity index (χ2v) is 4.35. The molecule has 0 saturated heterocycles. The van der Waals surface area contributed by atoms with Gasteiger partial charge in [-0.2, -0.15) is 0 Å². The molecule has 1 aromatic rings. The number of methoxy groups -OCH3 is 1. The summed E-state index contributed by atoms with van der Waals surface area (Å²) in [7, 11) is 1.50. The van der Waals surface area contributed by atoms with E-state index in [2.05, 4.69) is 0 Å². The number of benzene rings is 1. The van der Waals surface area contributed by atoms with Gasteiger partial charge in [-0.1, -0.05) is 11.6 Å². The highest BCUT2D eigenvalue weighted by atomic mass is 35.5. The summed E-state index contributed by atoms with van der Waals surface area (Å²) < 4.78 is 16.0. The van der Waals surface area contributed by atoms with Crippen molar-refractivity contribution in [1.82, 2.24) is 0 Å². The molecule has 0 unspecified atom stereocenters. The molecule has 0 amide bonds. The molecule has 5 heteroatoms. The van der Waals surface area contributed by atoms with E-state index in [1.165, 1.54) is 13.2 Å². The van der Waals surface area contributed by atoms with Gasteiger partial charge >= 0.3 is 0 Å². The van der Waals surface area contributed by atoms with E-state index in [9.17, 15) is 4.79 Å². The summed E-state index contributed by atoms with van der Waals surface area (Å²) in [5.74, 6) is 0.832. The molecule has 1 rings (SSSR count). The summed E-state index contributed by atoms with van der Waals surface area (Å²) in [4.78, 5) is 11.0. The summed E-state index contributed by atoms with van der Waals surface area (Å²) in [6.45, 7) is 4.68. The molecule has 0 aliphatic rings. The molecule has 0 aliphatic heterocycles. The molecule has 4 nitrogen and oxygen atoms in total. The van der Waals surface area contributed by atoms with Gasteiger partial charge in [0.15, 0.2) is 17.8 Å². The van der Waals surface area contributed by atoms with Crippen LogP contribution in [-0.4, -0.2) is 32.7 Å². The van der Waals surface area contributed by atoms with Gasteiger partial charge < -0.3 is 14.2 Å². The summed E-state index contributed by atoms with van der Waals surface area (Å²) in [6, 6.07) is 3.14. The van der Waals surface area contributed by atoms with Crippen LogP contribution in [0.4, 0.5) is 0 Å². The first-order chi connectivity index (χ1) is 8.58. The molecular formula is C13H17ClO4. The van der Waals surface area contributed by atoms with Crippen molar-refractivity contribution in [3.63, 3.8) is 0 Å². The first kappa shape index (κ1) is 14.8. The van der Waals surface area contributed by atoms with E-state index in [0.29, 0.717) is 41.6 Å². The van der Waals surface area contributed by atoms with Crippen LogP contribution in [-0.2, 0) is 4.74 Å². The van der Waals surface area contributed by atoms with Crippen LogP contribution in [0, 0.1) is 0 Å². The number of halogens is 1. The van der Waals surface area contributed by atoms with Crippen LogP contribution in [0.3, 0.4) is 0 Å². The third-order valence-electron chi connectivity index (χ3n) is 2.18. The number of carbonyl (C=O) groups excluding carboxylic acids is 1. The van der Waals surface area contributed by atoms with Crippen LogP contribution in [0.1, 0.15) is 24.2 Å². The van der Waals surface area contributed by atoms with Gasteiger partial charge in [0.05, 0.1) is 25.4 Å². The summed E-state index contributed by atoms with van der Waals surface area (Å²) in [5.41, 5.74) is 0.365. The molecule has 0 heterocycles. The van der Waals surface area contributed by atoms with E-state index in [1.54, 1.807) is 6.07 Å². The quantitative estimate of drug-likeness (QED) is 0.565. The van der Waals surface area contributed by atoms with Gasteiger partial charge in [-0.25, -0.2) is 0 Å². The van der Waals surface area contributed by atoms with Gasteiger partial charge in [0.25, 0.3) is 0 Å². The Bertz CT molecular complexity index is 404. The topological polar surface area (TPSA) is 44.8 Å². The summed E-state index contributed by atoms with van der Waals surface area (Å²) in [5, 5.41) is 0.430. The van der Waals surface area contributed by atoms with Crippen LogP contribution in [0.25, 0.3) is 0 Å². The lowest BCUT2D eigenvalue weighted by Gasteiger charge is -2.14. The average Bonchev–Trinajstić information content (AvgIpc) is 2.34. The fraction of sp³-hybridized carbons (Fsp3) is 0.462. The van der Waals surface area contributed by atoms with Crippen molar-refractivity contribution in [1.29, 1.82) is 0 Å². The number of carbonyl (C=O) groups is 1. The highest BCUT2D eigenvalue weighted by molar-refractivity contribution is 6.31. The molecule has 0 saturated carbocycles. The normalized spacial score (nSPS) is 10.5. The van der Waals surface area contributed by atoms with Gasteiger partial charge in [-0.05, 0) is 19.9 Å². The lowest BCUT2D eigenvalue weighted by atomic mass is 10.2. The van der Waals surface area contributed by atoms with Gasteiger partial charge in [0, 0.05) is 11.1 Å². The zero-order valence-corrected chi connectivity index (χ0v) is 11.5. The maximum atomic E-state index is 11.0. The van der Waals surface area contributed by atoms with Gasteiger partial charge in [-0.15, -0.1) is 0 Å². The highest BCUT2D eigenvalue weighted by Crippen LogP contribution is 2.33. The zero-order chi connectivity index (χ0) is 13.5. The fourth-order valence-corrected chi connectivity index (χ4v) is 1.63. The molecule has 0 N–H and O–H groups in total. The van der Waals surface area contributed by atoms with Crippen LogP contribution in [0.15, 0.2) is 12.1 Å². The first-order valence-electron chi connectivity index (χ1n) is 5.65. The number of hydrogen-bond donors (Lipinski definition) is 0. The Labute approximate surface area is 112 Å². The second-order valence-electron chi connectivity index (χ2n) is 3.91. The van der Waals surface area contributed by atoms with Crippen molar-refractivity contribution in [3.05, 3.63) is 22.7 Å². The van der Waals surface area contributed by atoms with E-state index in [4.69, 9.17) is 25.8 Å². The predicted octanol–water partition coefficient (Wildman–Crippen LogP) is 2.96. The lowest BCUT2D eigenvalue weighted by molar-refractivity contribution is 0.0544. The van der Waals surface area contributed by atoms with Crippen LogP contribution in [0.5, 0.6) is 11.5 Å². The lowest BCUT2D eigenvalue weighted by Crippen LogP contribution is -2.12. The molecular weight excluding hydrogens is 256 g/mol. The largest absolute Gasteiger partial charge is 0.493 e. The van der Waals surface area contributed by atoms with Crippen LogP contribution >= 0.6 is 11.6 Å². The van der Waals surface area contributed by atoms with Crippen molar-refractivity contribution < 1.29 is 19.0 Å². The zero-order valence-electron chi connectivity index (χ0n) is 10.7. The molecule has 0 spiro atoms. The Kier molecular flexibility index (Phi) is 5.95. The third kappa shape index (κ3) is 4.20. The smallest absolute Gasteiger partial charge is 0.171 e. The molecule has 0 fully saturated rings. The monoisotopic (exact) mass is 272 g/mol. The molecule has 100 valence electrons. The Morgan fingerprint density at radius 2 is 2.06 bits per heavy atom. The van der Waals surface area contributed by atoms with Crippen molar-refractivity contribution >= 4 is 17.9 Å². The Hall–Kier alpha value is -1.26. The number of ether oxygens (including phenoxy) is 3. The van der Waals surface area contributed by atoms with Crippen molar-refractivity contribution in [2.45, 2.75) is 20.0 Å². The minimum Gasteiger partial charge on any atom is -0.493 e. The Morgan fingerprint density at radius 3 is 2.61 bits per heavy atom. The van der Waals surface area contributed by atoms with E-state index in [0.717, 1.165) is 0 Å². The van der Waals surface area contributed by atoms with Gasteiger partial charge in [0.1, 0.15) is 6.61 Å². The minimum absolute atomic E-state index is 0.145.